The molecule has 0 aromatic heterocycles. The molecule has 0 fully saturated rings. The Balaban J connectivity index is 3.10. The van der Waals surface area contributed by atoms with Crippen molar-refractivity contribution in [2.24, 2.45) is 0 Å². The van der Waals surface area contributed by atoms with Gasteiger partial charge in [-0.3, -0.25) is 9.69 Å². The van der Waals surface area contributed by atoms with Crippen LogP contribution >= 0.6 is 0 Å². The summed E-state index contributed by atoms with van der Waals surface area (Å²) in [4.78, 5) is 12.5. The van der Waals surface area contributed by atoms with E-state index >= 15 is 0 Å². The van der Waals surface area contributed by atoms with E-state index in [0.29, 0.717) is 24.4 Å². The Labute approximate surface area is 118 Å². The molecule has 0 saturated carbocycles. The van der Waals surface area contributed by atoms with Crippen LogP contribution in [0.25, 0.3) is 0 Å². The molecule has 0 radical (unpaired) electrons. The minimum absolute atomic E-state index is 0.123. The SMILES string of the molecule is COCCc1ccc(NC(C)=O)cc1N(C#N)CCO. The number of anilines is 2. The van der Waals surface area contributed by atoms with Crippen molar-refractivity contribution in [3.05, 3.63) is 23.8 Å². The fourth-order valence-electron chi connectivity index (χ4n) is 1.84. The third-order valence-electron chi connectivity index (χ3n) is 2.72. The number of carbonyl (C=O) groups is 1. The van der Waals surface area contributed by atoms with Crippen LogP contribution in [-0.2, 0) is 16.0 Å². The smallest absolute Gasteiger partial charge is 0.221 e. The van der Waals surface area contributed by atoms with Crippen LogP contribution in [0.3, 0.4) is 0 Å². The van der Waals surface area contributed by atoms with Gasteiger partial charge in [0.15, 0.2) is 6.19 Å². The Morgan fingerprint density at radius 2 is 2.30 bits per heavy atom. The fraction of sp³-hybridized carbons (Fsp3) is 0.429. The van der Waals surface area contributed by atoms with Gasteiger partial charge in [-0.1, -0.05) is 6.07 Å². The van der Waals surface area contributed by atoms with E-state index in [1.54, 1.807) is 19.2 Å². The summed E-state index contributed by atoms with van der Waals surface area (Å²) in [5.74, 6) is -0.175. The van der Waals surface area contributed by atoms with Crippen LogP contribution in [0.2, 0.25) is 0 Å². The van der Waals surface area contributed by atoms with E-state index in [0.717, 1.165) is 5.56 Å². The molecular weight excluding hydrogens is 258 g/mol. The van der Waals surface area contributed by atoms with E-state index in [1.807, 2.05) is 12.3 Å². The van der Waals surface area contributed by atoms with Crippen LogP contribution in [-0.4, -0.2) is 37.9 Å². The molecule has 2 N–H and O–H groups in total. The molecule has 1 aromatic rings. The van der Waals surface area contributed by atoms with Crippen molar-refractivity contribution in [3.8, 4) is 6.19 Å². The molecule has 108 valence electrons. The number of rotatable bonds is 7. The topological polar surface area (TPSA) is 85.6 Å². The Morgan fingerprint density at radius 1 is 1.55 bits per heavy atom. The van der Waals surface area contributed by atoms with Gasteiger partial charge < -0.3 is 15.2 Å². The van der Waals surface area contributed by atoms with Crippen LogP contribution in [0.15, 0.2) is 18.2 Å². The summed E-state index contributed by atoms with van der Waals surface area (Å²) in [7, 11) is 1.61. The van der Waals surface area contributed by atoms with Crippen LogP contribution in [0, 0.1) is 11.5 Å². The van der Waals surface area contributed by atoms with Gasteiger partial charge >= 0.3 is 0 Å². The van der Waals surface area contributed by atoms with Gasteiger partial charge in [-0.05, 0) is 24.1 Å². The minimum Gasteiger partial charge on any atom is -0.394 e. The molecule has 0 bridgehead atoms. The predicted molar refractivity (Wildman–Crippen MR) is 76.4 cm³/mol. The summed E-state index contributed by atoms with van der Waals surface area (Å²) in [6, 6.07) is 5.36. The van der Waals surface area contributed by atoms with Crippen molar-refractivity contribution >= 4 is 17.3 Å². The molecule has 1 aromatic carbocycles. The first-order valence-electron chi connectivity index (χ1n) is 6.30. The third kappa shape index (κ3) is 4.53. The summed E-state index contributed by atoms with van der Waals surface area (Å²) in [5.41, 5.74) is 2.22. The number of aliphatic hydroxyl groups is 1. The zero-order chi connectivity index (χ0) is 15.0. The minimum atomic E-state index is -0.175. The van der Waals surface area contributed by atoms with E-state index in [9.17, 15) is 10.1 Å². The molecular formula is C14H19N3O3. The van der Waals surface area contributed by atoms with E-state index in [1.165, 1.54) is 11.8 Å². The van der Waals surface area contributed by atoms with E-state index in [2.05, 4.69) is 5.32 Å². The number of hydrogen-bond acceptors (Lipinski definition) is 5. The van der Waals surface area contributed by atoms with Crippen molar-refractivity contribution < 1.29 is 14.6 Å². The highest BCUT2D eigenvalue weighted by molar-refractivity contribution is 5.89. The average molecular weight is 277 g/mol. The lowest BCUT2D eigenvalue weighted by Gasteiger charge is -2.19. The molecule has 0 heterocycles. The Bertz CT molecular complexity index is 497. The second-order valence-electron chi connectivity index (χ2n) is 4.24. The summed E-state index contributed by atoms with van der Waals surface area (Å²) in [6.45, 7) is 2.04. The number of nitriles is 1. The Morgan fingerprint density at radius 3 is 2.85 bits per heavy atom. The Kier molecular flexibility index (Phi) is 6.50. The van der Waals surface area contributed by atoms with Crippen LogP contribution < -0.4 is 10.2 Å². The number of nitrogens with one attached hydrogen (secondary N) is 1. The average Bonchev–Trinajstić information content (AvgIpc) is 2.42. The van der Waals surface area contributed by atoms with Gasteiger partial charge in [-0.25, -0.2) is 0 Å². The molecule has 0 aliphatic carbocycles. The first-order valence-corrected chi connectivity index (χ1v) is 6.30. The number of amides is 1. The molecule has 6 nitrogen and oxygen atoms in total. The van der Waals surface area contributed by atoms with E-state index in [-0.39, 0.29) is 19.1 Å². The second kappa shape index (κ2) is 8.15. The van der Waals surface area contributed by atoms with Gasteiger partial charge in [0.2, 0.25) is 5.91 Å². The maximum Gasteiger partial charge on any atom is 0.221 e. The fourth-order valence-corrected chi connectivity index (χ4v) is 1.84. The summed E-state index contributed by atoms with van der Waals surface area (Å²) < 4.78 is 5.05. The van der Waals surface area contributed by atoms with Crippen molar-refractivity contribution in [1.82, 2.24) is 0 Å². The number of hydrogen-bond donors (Lipinski definition) is 2. The molecule has 0 atom stereocenters. The molecule has 0 aliphatic heterocycles. The highest BCUT2D eigenvalue weighted by Gasteiger charge is 2.12. The van der Waals surface area contributed by atoms with Crippen LogP contribution in [0.5, 0.6) is 0 Å². The van der Waals surface area contributed by atoms with Crippen LogP contribution in [0.4, 0.5) is 11.4 Å². The molecule has 0 unspecified atom stereocenters. The Hall–Kier alpha value is -2.10. The largest absolute Gasteiger partial charge is 0.394 e. The maximum atomic E-state index is 11.1. The number of nitrogens with zero attached hydrogens (tertiary/aromatic N) is 2. The third-order valence-corrected chi connectivity index (χ3v) is 2.72. The van der Waals surface area contributed by atoms with Gasteiger partial charge in [0.05, 0.1) is 25.4 Å². The van der Waals surface area contributed by atoms with Crippen molar-refractivity contribution in [3.63, 3.8) is 0 Å². The maximum absolute atomic E-state index is 11.1. The molecule has 0 saturated heterocycles. The monoisotopic (exact) mass is 277 g/mol. The number of ether oxygens (including phenoxy) is 1. The van der Waals surface area contributed by atoms with Gasteiger partial charge in [0, 0.05) is 19.7 Å². The summed E-state index contributed by atoms with van der Waals surface area (Å²) >= 11 is 0. The summed E-state index contributed by atoms with van der Waals surface area (Å²) in [5, 5.41) is 20.9. The molecule has 6 heteroatoms. The summed E-state index contributed by atoms with van der Waals surface area (Å²) in [6.07, 6.45) is 2.69. The van der Waals surface area contributed by atoms with Crippen molar-refractivity contribution in [2.45, 2.75) is 13.3 Å². The highest BCUT2D eigenvalue weighted by Crippen LogP contribution is 2.25. The second-order valence-corrected chi connectivity index (χ2v) is 4.24. The van der Waals surface area contributed by atoms with Gasteiger partial charge in [-0.2, -0.15) is 5.26 Å². The standard InChI is InChI=1S/C14H19N3O3/c1-11(19)16-13-4-3-12(5-8-20-2)14(9-13)17(10-15)6-7-18/h3-4,9,18H,5-8H2,1-2H3,(H,16,19). The molecule has 1 amide bonds. The number of methoxy groups -OCH3 is 1. The number of carbonyl (C=O) groups excluding carboxylic acids is 1. The number of benzene rings is 1. The molecule has 0 aliphatic rings. The predicted octanol–water partition coefficient (Wildman–Crippen LogP) is 1.11. The zero-order valence-corrected chi connectivity index (χ0v) is 11.7. The molecule has 20 heavy (non-hydrogen) atoms. The highest BCUT2D eigenvalue weighted by atomic mass is 16.5. The van der Waals surface area contributed by atoms with Crippen LogP contribution in [0.1, 0.15) is 12.5 Å². The lowest BCUT2D eigenvalue weighted by molar-refractivity contribution is -0.114. The lowest BCUT2D eigenvalue weighted by atomic mass is 10.1. The normalized spacial score (nSPS) is 9.90. The zero-order valence-electron chi connectivity index (χ0n) is 11.7. The van der Waals surface area contributed by atoms with Gasteiger partial charge in [0.1, 0.15) is 0 Å². The molecule has 1 rings (SSSR count). The van der Waals surface area contributed by atoms with Gasteiger partial charge in [0.25, 0.3) is 0 Å². The van der Waals surface area contributed by atoms with Crippen molar-refractivity contribution in [2.75, 3.05) is 37.1 Å². The first kappa shape index (κ1) is 16.0. The van der Waals surface area contributed by atoms with Crippen molar-refractivity contribution in [1.29, 1.82) is 5.26 Å². The molecule has 0 spiro atoms. The van der Waals surface area contributed by atoms with Gasteiger partial charge in [-0.15, -0.1) is 0 Å². The number of aliphatic hydroxyl groups excluding tert-OH is 1. The lowest BCUT2D eigenvalue weighted by Crippen LogP contribution is -2.22. The quantitative estimate of drug-likeness (QED) is 0.576. The first-order chi connectivity index (χ1) is 9.62. The van der Waals surface area contributed by atoms with E-state index < -0.39 is 0 Å². The van der Waals surface area contributed by atoms with E-state index in [4.69, 9.17) is 9.84 Å².